The Balaban J connectivity index is 0.00000128. The summed E-state index contributed by atoms with van der Waals surface area (Å²) in [5.41, 5.74) is 0. The Morgan fingerprint density at radius 1 is 1.25 bits per heavy atom. The van der Waals surface area contributed by atoms with Gasteiger partial charge in [0.1, 0.15) is 0 Å². The highest BCUT2D eigenvalue weighted by atomic mass is 35.5. The van der Waals surface area contributed by atoms with Crippen LogP contribution in [0.4, 0.5) is 0 Å². The van der Waals surface area contributed by atoms with Crippen molar-refractivity contribution in [2.24, 2.45) is 17.8 Å². The van der Waals surface area contributed by atoms with Gasteiger partial charge in [0.25, 0.3) is 0 Å². The zero-order chi connectivity index (χ0) is 10.8. The predicted octanol–water partition coefficient (Wildman–Crippen LogP) is 1.57. The predicted molar refractivity (Wildman–Crippen MR) is 67.7 cm³/mol. The fourth-order valence-corrected chi connectivity index (χ4v) is 2.20. The van der Waals surface area contributed by atoms with Gasteiger partial charge in [-0.3, -0.25) is 4.79 Å². The molecule has 2 aliphatic carbocycles. The van der Waals surface area contributed by atoms with E-state index in [-0.39, 0.29) is 12.4 Å². The first-order chi connectivity index (χ1) is 7.22. The van der Waals surface area contributed by atoms with Crippen molar-refractivity contribution in [1.82, 2.24) is 10.6 Å². The summed E-state index contributed by atoms with van der Waals surface area (Å²) in [5.74, 6) is 2.07. The molecule has 2 N–H and O–H groups in total. The maximum atomic E-state index is 12.0. The third-order valence-corrected chi connectivity index (χ3v) is 3.64. The number of hydrogen-bond acceptors (Lipinski definition) is 2. The van der Waals surface area contributed by atoms with Crippen LogP contribution in [0.15, 0.2) is 0 Å². The Labute approximate surface area is 104 Å². The Kier molecular flexibility index (Phi) is 5.06. The van der Waals surface area contributed by atoms with Gasteiger partial charge in [-0.2, -0.15) is 0 Å². The second-order valence-electron chi connectivity index (χ2n) is 5.14. The number of nitrogens with one attached hydrogen (secondary N) is 2. The van der Waals surface area contributed by atoms with Gasteiger partial charge in [0.2, 0.25) is 5.91 Å². The fraction of sp³-hybridized carbons (Fsp3) is 0.917. The third-order valence-electron chi connectivity index (χ3n) is 3.64. The molecule has 0 aromatic rings. The van der Waals surface area contributed by atoms with E-state index in [0.717, 1.165) is 6.54 Å². The molecule has 3 nitrogen and oxygen atoms in total. The van der Waals surface area contributed by atoms with Crippen LogP contribution in [0.25, 0.3) is 0 Å². The van der Waals surface area contributed by atoms with E-state index < -0.39 is 0 Å². The molecule has 16 heavy (non-hydrogen) atoms. The van der Waals surface area contributed by atoms with Crippen LogP contribution in [0, 0.1) is 17.8 Å². The molecule has 94 valence electrons. The molecule has 4 heteroatoms. The number of carbonyl (C=O) groups excluding carboxylic acids is 1. The first-order valence-corrected chi connectivity index (χ1v) is 6.17. The quantitative estimate of drug-likeness (QED) is 0.747. The van der Waals surface area contributed by atoms with E-state index in [1.165, 1.54) is 25.7 Å². The molecule has 0 spiro atoms. The molecule has 0 aliphatic heterocycles. The number of amides is 1. The number of hydrogen-bond donors (Lipinski definition) is 2. The van der Waals surface area contributed by atoms with Crippen LogP contribution in [-0.2, 0) is 4.79 Å². The van der Waals surface area contributed by atoms with E-state index >= 15 is 0 Å². The molecule has 0 aromatic heterocycles. The average molecular weight is 247 g/mol. The summed E-state index contributed by atoms with van der Waals surface area (Å²) in [6, 6.07) is 0.369. The van der Waals surface area contributed by atoms with E-state index in [1.807, 2.05) is 7.05 Å². The lowest BCUT2D eigenvalue weighted by Gasteiger charge is -2.17. The third kappa shape index (κ3) is 3.63. The molecular formula is C12H23ClN2O. The van der Waals surface area contributed by atoms with Gasteiger partial charge >= 0.3 is 0 Å². The van der Waals surface area contributed by atoms with Gasteiger partial charge in [0.15, 0.2) is 0 Å². The van der Waals surface area contributed by atoms with Crippen LogP contribution >= 0.6 is 12.4 Å². The van der Waals surface area contributed by atoms with Gasteiger partial charge < -0.3 is 10.6 Å². The van der Waals surface area contributed by atoms with Gasteiger partial charge in [0.05, 0.1) is 0 Å². The summed E-state index contributed by atoms with van der Waals surface area (Å²) >= 11 is 0. The summed E-state index contributed by atoms with van der Waals surface area (Å²) in [4.78, 5) is 12.0. The molecule has 2 aliphatic rings. The second-order valence-corrected chi connectivity index (χ2v) is 5.14. The van der Waals surface area contributed by atoms with E-state index in [0.29, 0.717) is 29.7 Å². The van der Waals surface area contributed by atoms with E-state index in [9.17, 15) is 4.79 Å². The SMILES string of the molecule is CNC(C)CNC(=O)C(C1CC1)C1CC1.Cl. The Morgan fingerprint density at radius 3 is 2.12 bits per heavy atom. The van der Waals surface area contributed by atoms with Crippen molar-refractivity contribution < 1.29 is 4.79 Å². The number of likely N-dealkylation sites (N-methyl/N-ethyl adjacent to an activating group) is 1. The van der Waals surface area contributed by atoms with E-state index in [1.54, 1.807) is 0 Å². The number of rotatable bonds is 6. The zero-order valence-electron chi connectivity index (χ0n) is 10.2. The maximum absolute atomic E-state index is 12.0. The molecule has 1 amide bonds. The van der Waals surface area contributed by atoms with E-state index in [4.69, 9.17) is 0 Å². The second kappa shape index (κ2) is 5.87. The standard InChI is InChI=1S/C12H22N2O.ClH/c1-8(13-2)7-14-12(15)11(9-3-4-9)10-5-6-10;/h8-11,13H,3-7H2,1-2H3,(H,14,15);1H. The molecule has 2 fully saturated rings. The smallest absolute Gasteiger partial charge is 0.223 e. The van der Waals surface area contributed by atoms with Crippen LogP contribution in [0.1, 0.15) is 32.6 Å². The molecule has 0 radical (unpaired) electrons. The lowest BCUT2D eigenvalue weighted by atomic mass is 9.97. The molecule has 2 saturated carbocycles. The Bertz CT molecular complexity index is 227. The van der Waals surface area contributed by atoms with Crippen molar-refractivity contribution in [3.05, 3.63) is 0 Å². The van der Waals surface area contributed by atoms with Gasteiger partial charge in [-0.25, -0.2) is 0 Å². The largest absolute Gasteiger partial charge is 0.354 e. The van der Waals surface area contributed by atoms with E-state index in [2.05, 4.69) is 17.6 Å². The van der Waals surface area contributed by atoms with Gasteiger partial charge in [-0.1, -0.05) is 0 Å². The minimum atomic E-state index is 0. The lowest BCUT2D eigenvalue weighted by Crippen LogP contribution is -2.41. The van der Waals surface area contributed by atoms with Crippen molar-refractivity contribution in [3.8, 4) is 0 Å². The molecule has 0 aromatic carbocycles. The first kappa shape index (κ1) is 13.8. The molecular weight excluding hydrogens is 224 g/mol. The first-order valence-electron chi connectivity index (χ1n) is 6.17. The van der Waals surface area contributed by atoms with Crippen LogP contribution in [-0.4, -0.2) is 25.5 Å². The van der Waals surface area contributed by atoms with Crippen LogP contribution < -0.4 is 10.6 Å². The molecule has 2 rings (SSSR count). The van der Waals surface area contributed by atoms with Crippen molar-refractivity contribution >= 4 is 18.3 Å². The lowest BCUT2D eigenvalue weighted by molar-refractivity contribution is -0.126. The van der Waals surface area contributed by atoms with Crippen molar-refractivity contribution in [2.45, 2.75) is 38.6 Å². The van der Waals surface area contributed by atoms with Crippen LogP contribution in [0.2, 0.25) is 0 Å². The van der Waals surface area contributed by atoms with Crippen molar-refractivity contribution in [1.29, 1.82) is 0 Å². The molecule has 0 heterocycles. The van der Waals surface area contributed by atoms with Gasteiger partial charge in [-0.15, -0.1) is 12.4 Å². The average Bonchev–Trinajstić information content (AvgIpc) is 3.07. The highest BCUT2D eigenvalue weighted by molar-refractivity contribution is 5.85. The highest BCUT2D eigenvalue weighted by Crippen LogP contribution is 2.49. The Hall–Kier alpha value is -0.280. The van der Waals surface area contributed by atoms with Crippen LogP contribution in [0.5, 0.6) is 0 Å². The number of halogens is 1. The summed E-state index contributed by atoms with van der Waals surface area (Å²) in [7, 11) is 1.93. The maximum Gasteiger partial charge on any atom is 0.223 e. The summed E-state index contributed by atoms with van der Waals surface area (Å²) in [6.07, 6.45) is 5.10. The summed E-state index contributed by atoms with van der Waals surface area (Å²) in [6.45, 7) is 2.84. The zero-order valence-corrected chi connectivity index (χ0v) is 11.0. The minimum Gasteiger partial charge on any atom is -0.354 e. The minimum absolute atomic E-state index is 0. The van der Waals surface area contributed by atoms with Crippen LogP contribution in [0.3, 0.4) is 0 Å². The van der Waals surface area contributed by atoms with Crippen molar-refractivity contribution in [3.63, 3.8) is 0 Å². The monoisotopic (exact) mass is 246 g/mol. The summed E-state index contributed by atoms with van der Waals surface area (Å²) in [5, 5.41) is 6.21. The highest BCUT2D eigenvalue weighted by Gasteiger charge is 2.45. The molecule has 0 saturated heterocycles. The molecule has 1 atom stereocenters. The molecule has 1 unspecified atom stereocenters. The molecule has 0 bridgehead atoms. The van der Waals surface area contributed by atoms with Gasteiger partial charge in [-0.05, 0) is 51.5 Å². The Morgan fingerprint density at radius 2 is 1.75 bits per heavy atom. The normalized spacial score (nSPS) is 21.4. The number of carbonyl (C=O) groups is 1. The van der Waals surface area contributed by atoms with Gasteiger partial charge in [0, 0.05) is 18.5 Å². The summed E-state index contributed by atoms with van der Waals surface area (Å²) < 4.78 is 0. The van der Waals surface area contributed by atoms with Crippen molar-refractivity contribution in [2.75, 3.05) is 13.6 Å². The fourth-order valence-electron chi connectivity index (χ4n) is 2.20. The topological polar surface area (TPSA) is 41.1 Å².